The van der Waals surface area contributed by atoms with E-state index in [0.717, 1.165) is 30.6 Å². The van der Waals surface area contributed by atoms with Crippen LogP contribution in [0.25, 0.3) is 5.82 Å². The maximum absolute atomic E-state index is 13.4. The molecule has 0 fully saturated rings. The minimum atomic E-state index is -0.537. The van der Waals surface area contributed by atoms with Gasteiger partial charge in [-0.1, -0.05) is 23.4 Å². The van der Waals surface area contributed by atoms with Crippen LogP contribution in [0.2, 0.25) is 0 Å². The van der Waals surface area contributed by atoms with E-state index in [1.165, 1.54) is 10.2 Å². The van der Waals surface area contributed by atoms with Crippen LogP contribution in [0.1, 0.15) is 54.5 Å². The van der Waals surface area contributed by atoms with E-state index in [2.05, 4.69) is 48.2 Å². The van der Waals surface area contributed by atoms with E-state index in [9.17, 15) is 4.79 Å². The van der Waals surface area contributed by atoms with Crippen molar-refractivity contribution in [2.75, 3.05) is 30.4 Å². The Morgan fingerprint density at radius 3 is 2.75 bits per heavy atom. The molecule has 13 nitrogen and oxygen atoms in total. The molecule has 0 saturated heterocycles. The largest absolute Gasteiger partial charge is 0.494 e. The first-order valence-corrected chi connectivity index (χ1v) is 13.1. The number of hydrogen-bond acceptors (Lipinski definition) is 11. The lowest BCUT2D eigenvalue weighted by molar-refractivity contribution is 0.0948. The van der Waals surface area contributed by atoms with E-state index in [-0.39, 0.29) is 17.3 Å². The number of nitrogens with one attached hydrogen (secondary N) is 1. The number of carbonyl (C=O) groups excluding carboxylic acids is 1. The summed E-state index contributed by atoms with van der Waals surface area (Å²) in [6, 6.07) is 13.7. The van der Waals surface area contributed by atoms with Gasteiger partial charge in [-0.3, -0.25) is 4.79 Å². The lowest BCUT2D eigenvalue weighted by Gasteiger charge is -2.31. The summed E-state index contributed by atoms with van der Waals surface area (Å²) >= 11 is 0. The molecule has 2 aromatic heterocycles. The fraction of sp³-hybridized carbons (Fsp3) is 0.333. The molecule has 208 valence electrons. The molecule has 2 aromatic carbocycles. The lowest BCUT2D eigenvalue weighted by atomic mass is 10.0. The number of rotatable bonds is 10. The summed E-state index contributed by atoms with van der Waals surface area (Å²) in [5, 5.41) is 20.2. The zero-order valence-electron chi connectivity index (χ0n) is 22.6. The molecule has 0 aliphatic carbocycles. The number of hydrogen-bond donors (Lipinski definition) is 2. The Bertz CT molecular complexity index is 1530. The average Bonchev–Trinajstić information content (AvgIpc) is 3.58. The predicted molar refractivity (Wildman–Crippen MR) is 148 cm³/mol. The molecule has 1 amide bonds. The van der Waals surface area contributed by atoms with Gasteiger partial charge >= 0.3 is 0 Å². The molecule has 3 N–H and O–H groups in total. The summed E-state index contributed by atoms with van der Waals surface area (Å²) in [5.74, 6) is 0.944. The molecule has 1 aliphatic heterocycles. The fourth-order valence-electron chi connectivity index (χ4n) is 4.67. The van der Waals surface area contributed by atoms with E-state index in [1.54, 1.807) is 13.0 Å². The number of nitrogens with two attached hydrogens (primary N) is 1. The van der Waals surface area contributed by atoms with Crippen molar-refractivity contribution in [1.82, 2.24) is 30.7 Å². The van der Waals surface area contributed by atoms with Crippen molar-refractivity contribution in [3.8, 4) is 17.3 Å². The number of nitrogens with zero attached hydrogens (tertiary/aromatic N) is 7. The van der Waals surface area contributed by atoms with Crippen LogP contribution in [0.3, 0.4) is 0 Å². The Kier molecular flexibility index (Phi) is 7.89. The van der Waals surface area contributed by atoms with Crippen molar-refractivity contribution >= 4 is 23.1 Å². The number of para-hydroxylation sites is 1. The van der Waals surface area contributed by atoms with Gasteiger partial charge in [-0.15, -0.1) is 5.10 Å². The third-order valence-corrected chi connectivity index (χ3v) is 6.50. The fourth-order valence-corrected chi connectivity index (χ4v) is 4.67. The molecule has 0 atom stereocenters. The molecular weight excluding hydrogens is 514 g/mol. The van der Waals surface area contributed by atoms with E-state index in [4.69, 9.17) is 19.8 Å². The molecular formula is C27H31N9O4. The number of fused-ring (bicyclic) bond motifs is 1. The van der Waals surface area contributed by atoms with E-state index in [1.807, 2.05) is 38.1 Å². The maximum atomic E-state index is 13.4. The topological polar surface area (TPSA) is 159 Å². The molecule has 0 bridgehead atoms. The highest BCUT2D eigenvalue weighted by Crippen LogP contribution is 2.29. The van der Waals surface area contributed by atoms with Gasteiger partial charge in [0.15, 0.2) is 5.69 Å². The van der Waals surface area contributed by atoms with Crippen LogP contribution >= 0.6 is 0 Å². The first-order chi connectivity index (χ1) is 19.5. The summed E-state index contributed by atoms with van der Waals surface area (Å²) in [7, 11) is 0. The third kappa shape index (κ3) is 5.44. The van der Waals surface area contributed by atoms with Gasteiger partial charge in [-0.05, 0) is 67.7 Å². The second-order valence-electron chi connectivity index (χ2n) is 9.09. The van der Waals surface area contributed by atoms with Crippen molar-refractivity contribution in [3.05, 3.63) is 65.0 Å². The normalized spacial score (nSPS) is 13.2. The van der Waals surface area contributed by atoms with Crippen molar-refractivity contribution in [1.29, 1.82) is 0 Å². The number of anilines is 2. The van der Waals surface area contributed by atoms with Crippen molar-refractivity contribution in [2.24, 2.45) is 5.10 Å². The second kappa shape index (κ2) is 11.8. The Balaban J connectivity index is 1.45. The highest BCUT2D eigenvalue weighted by Gasteiger charge is 2.27. The minimum Gasteiger partial charge on any atom is -0.494 e. The van der Waals surface area contributed by atoms with Gasteiger partial charge < -0.3 is 20.1 Å². The summed E-state index contributed by atoms with van der Waals surface area (Å²) in [5.41, 5.74) is 12.7. The number of benzene rings is 2. The quantitative estimate of drug-likeness (QED) is 0.224. The maximum Gasteiger partial charge on any atom is 0.293 e. The lowest BCUT2D eigenvalue weighted by Crippen LogP contribution is -2.31. The second-order valence-corrected chi connectivity index (χ2v) is 9.09. The van der Waals surface area contributed by atoms with Crippen LogP contribution in [0.4, 0.5) is 11.5 Å². The Labute approximate surface area is 230 Å². The molecule has 0 saturated carbocycles. The summed E-state index contributed by atoms with van der Waals surface area (Å²) in [6.45, 7) is 7.72. The van der Waals surface area contributed by atoms with Gasteiger partial charge in [0.1, 0.15) is 11.5 Å². The molecule has 40 heavy (non-hydrogen) atoms. The SMILES string of the molecule is CCOc1ccc(C(C)=NNC(=O)c2nnn(-c3nonc3N)c2CN2CCCc3ccccc32)c(OCC)c1. The first-order valence-electron chi connectivity index (χ1n) is 13.1. The molecule has 3 heterocycles. The standard InChI is InChI=1S/C27H31N9O4/c1-4-38-19-12-13-20(23(15-19)39-5-2)17(3)29-31-27(37)24-22(36(34-30-24)26-25(28)32-40-33-26)16-35-14-8-10-18-9-6-7-11-21(18)35/h6-7,9,11-13,15H,4-5,8,10,14,16H2,1-3H3,(H2,28,32)(H,31,37). The molecule has 5 rings (SSSR count). The third-order valence-electron chi connectivity index (χ3n) is 6.50. The van der Waals surface area contributed by atoms with Crippen molar-refractivity contribution in [3.63, 3.8) is 0 Å². The molecule has 13 heteroatoms. The molecule has 4 aromatic rings. The van der Waals surface area contributed by atoms with E-state index in [0.29, 0.717) is 42.7 Å². The van der Waals surface area contributed by atoms with E-state index >= 15 is 0 Å². The van der Waals surface area contributed by atoms with Gasteiger partial charge in [0.2, 0.25) is 11.6 Å². The molecule has 0 unspecified atom stereocenters. The van der Waals surface area contributed by atoms with Crippen molar-refractivity contribution < 1.29 is 18.9 Å². The van der Waals surface area contributed by atoms with Gasteiger partial charge in [0.05, 0.1) is 31.2 Å². The summed E-state index contributed by atoms with van der Waals surface area (Å²) in [4.78, 5) is 15.6. The highest BCUT2D eigenvalue weighted by molar-refractivity contribution is 6.02. The molecule has 0 radical (unpaired) electrons. The summed E-state index contributed by atoms with van der Waals surface area (Å²) in [6.07, 6.45) is 1.96. The van der Waals surface area contributed by atoms with E-state index < -0.39 is 5.91 Å². The Morgan fingerprint density at radius 2 is 1.98 bits per heavy atom. The van der Waals surface area contributed by atoms with Crippen LogP contribution in [0, 0.1) is 0 Å². The van der Waals surface area contributed by atoms with Gasteiger partial charge in [-0.2, -0.15) is 9.78 Å². The number of carbonyl (C=O) groups is 1. The van der Waals surface area contributed by atoms with Crippen LogP contribution in [-0.2, 0) is 13.0 Å². The van der Waals surface area contributed by atoms with Gasteiger partial charge in [-0.25, -0.2) is 10.1 Å². The average molecular weight is 546 g/mol. The van der Waals surface area contributed by atoms with Gasteiger partial charge in [0.25, 0.3) is 5.91 Å². The smallest absolute Gasteiger partial charge is 0.293 e. The van der Waals surface area contributed by atoms with Crippen LogP contribution in [-0.4, -0.2) is 56.7 Å². The number of aromatic nitrogens is 5. The Hall–Kier alpha value is -4.94. The molecule has 1 aliphatic rings. The number of amides is 1. The Morgan fingerprint density at radius 1 is 1.15 bits per heavy atom. The van der Waals surface area contributed by atoms with Crippen LogP contribution in [0.5, 0.6) is 11.5 Å². The minimum absolute atomic E-state index is 0.0324. The van der Waals surface area contributed by atoms with Crippen LogP contribution < -0.4 is 25.5 Å². The first kappa shape index (κ1) is 26.7. The molecule has 0 spiro atoms. The van der Waals surface area contributed by atoms with Crippen LogP contribution in [0.15, 0.2) is 52.2 Å². The predicted octanol–water partition coefficient (Wildman–Crippen LogP) is 3.14. The number of hydrazone groups is 1. The number of ether oxygens (including phenoxy) is 2. The number of nitrogen functional groups attached to an aromatic ring is 1. The monoisotopic (exact) mass is 545 g/mol. The zero-order chi connectivity index (χ0) is 28.1. The van der Waals surface area contributed by atoms with Crippen molar-refractivity contribution in [2.45, 2.75) is 40.2 Å². The summed E-state index contributed by atoms with van der Waals surface area (Å²) < 4.78 is 17.5. The van der Waals surface area contributed by atoms with Gasteiger partial charge in [0, 0.05) is 23.9 Å². The number of aryl methyl sites for hydroxylation is 1. The zero-order valence-corrected chi connectivity index (χ0v) is 22.6. The highest BCUT2D eigenvalue weighted by atomic mass is 16.6.